The Kier molecular flexibility index (Phi) is 4.33. The summed E-state index contributed by atoms with van der Waals surface area (Å²) in [6.07, 6.45) is 0.979. The molecule has 2 radical (unpaired) electrons. The van der Waals surface area contributed by atoms with Gasteiger partial charge in [-0.25, -0.2) is 4.79 Å². The maximum Gasteiger partial charge on any atom is 0.410 e. The summed E-state index contributed by atoms with van der Waals surface area (Å²) in [5, 5.41) is 10.9. The standard InChI is InChI=1S/C16H22BNO3/c1-15(2,3)21-14(19)18-10-4-9-16(20,11-18)12-5-7-13(17)8-6-12/h5-8,20H,4,9-11H2,1-3H3. The van der Waals surface area contributed by atoms with Gasteiger partial charge in [0.05, 0.1) is 6.54 Å². The van der Waals surface area contributed by atoms with Gasteiger partial charge in [0, 0.05) is 6.54 Å². The molecule has 2 rings (SSSR count). The molecule has 1 N–H and O–H groups in total. The van der Waals surface area contributed by atoms with Gasteiger partial charge in [-0.15, -0.1) is 0 Å². The number of carbonyl (C=O) groups is 1. The zero-order valence-electron chi connectivity index (χ0n) is 12.9. The molecule has 5 heteroatoms. The Bertz CT molecular complexity index is 509. The van der Waals surface area contributed by atoms with E-state index in [0.29, 0.717) is 18.4 Å². The monoisotopic (exact) mass is 287 g/mol. The molecule has 4 nitrogen and oxygen atoms in total. The smallest absolute Gasteiger partial charge is 0.410 e. The van der Waals surface area contributed by atoms with Gasteiger partial charge in [0.1, 0.15) is 19.0 Å². The molecule has 112 valence electrons. The first-order valence-corrected chi connectivity index (χ1v) is 7.26. The molecule has 0 saturated carbocycles. The second-order valence-electron chi connectivity index (χ2n) is 6.66. The number of piperidine rings is 1. The van der Waals surface area contributed by atoms with Gasteiger partial charge in [0.15, 0.2) is 0 Å². The zero-order valence-corrected chi connectivity index (χ0v) is 12.9. The van der Waals surface area contributed by atoms with Crippen molar-refractivity contribution in [3.63, 3.8) is 0 Å². The third-order valence-corrected chi connectivity index (χ3v) is 3.57. The number of hydrogen-bond donors (Lipinski definition) is 1. The Morgan fingerprint density at radius 2 is 1.95 bits per heavy atom. The lowest BCUT2D eigenvalue weighted by molar-refractivity contribution is -0.0465. The van der Waals surface area contributed by atoms with Crippen LogP contribution in [0.25, 0.3) is 0 Å². The van der Waals surface area contributed by atoms with E-state index in [1.807, 2.05) is 32.9 Å². The molecule has 0 aromatic heterocycles. The normalized spacial score (nSPS) is 23.0. The van der Waals surface area contributed by atoms with E-state index < -0.39 is 11.2 Å². The highest BCUT2D eigenvalue weighted by molar-refractivity contribution is 6.32. The highest BCUT2D eigenvalue weighted by Gasteiger charge is 2.38. The third kappa shape index (κ3) is 4.00. The van der Waals surface area contributed by atoms with Crippen molar-refractivity contribution in [2.75, 3.05) is 13.1 Å². The predicted octanol–water partition coefficient (Wildman–Crippen LogP) is 1.70. The largest absolute Gasteiger partial charge is 0.444 e. The molecule has 1 aliphatic heterocycles. The second kappa shape index (κ2) is 5.72. The fourth-order valence-electron chi connectivity index (χ4n) is 2.55. The first kappa shape index (κ1) is 15.9. The SMILES string of the molecule is [B]c1ccc(C2(O)CCCN(C(=O)OC(C)(C)C)C2)cc1. The van der Waals surface area contributed by atoms with Crippen molar-refractivity contribution in [1.82, 2.24) is 4.90 Å². The lowest BCUT2D eigenvalue weighted by Crippen LogP contribution is -2.49. The molecule has 1 fully saturated rings. The molecular formula is C16H22BNO3. The van der Waals surface area contributed by atoms with Gasteiger partial charge in [-0.3, -0.25) is 0 Å². The van der Waals surface area contributed by atoms with Gasteiger partial charge in [-0.2, -0.15) is 0 Å². The molecule has 0 bridgehead atoms. The topological polar surface area (TPSA) is 49.8 Å². The quantitative estimate of drug-likeness (QED) is 0.800. The van der Waals surface area contributed by atoms with Gasteiger partial charge >= 0.3 is 6.09 Å². The van der Waals surface area contributed by atoms with Gasteiger partial charge in [-0.05, 0) is 39.2 Å². The number of amides is 1. The van der Waals surface area contributed by atoms with E-state index in [9.17, 15) is 9.90 Å². The Morgan fingerprint density at radius 1 is 1.33 bits per heavy atom. The van der Waals surface area contributed by atoms with E-state index in [-0.39, 0.29) is 12.6 Å². The van der Waals surface area contributed by atoms with E-state index in [2.05, 4.69) is 0 Å². The van der Waals surface area contributed by atoms with Crippen LogP contribution in [-0.2, 0) is 10.3 Å². The van der Waals surface area contributed by atoms with Crippen LogP contribution in [0.4, 0.5) is 4.79 Å². The minimum Gasteiger partial charge on any atom is -0.444 e. The maximum atomic E-state index is 12.2. The lowest BCUT2D eigenvalue weighted by atomic mass is 9.84. The third-order valence-electron chi connectivity index (χ3n) is 3.57. The summed E-state index contributed by atoms with van der Waals surface area (Å²) in [4.78, 5) is 13.7. The molecular weight excluding hydrogens is 265 g/mol. The summed E-state index contributed by atoms with van der Waals surface area (Å²) < 4.78 is 5.38. The van der Waals surface area contributed by atoms with Crippen LogP contribution in [0, 0.1) is 0 Å². The van der Waals surface area contributed by atoms with E-state index in [0.717, 1.165) is 12.0 Å². The fraction of sp³-hybridized carbons (Fsp3) is 0.562. The van der Waals surface area contributed by atoms with Crippen LogP contribution in [0.5, 0.6) is 0 Å². The Morgan fingerprint density at radius 3 is 2.52 bits per heavy atom. The van der Waals surface area contributed by atoms with E-state index in [1.54, 1.807) is 17.0 Å². The van der Waals surface area contributed by atoms with Gasteiger partial charge < -0.3 is 14.7 Å². The van der Waals surface area contributed by atoms with Crippen molar-refractivity contribution >= 4 is 19.4 Å². The van der Waals surface area contributed by atoms with Gasteiger partial charge in [0.25, 0.3) is 0 Å². The van der Waals surface area contributed by atoms with Gasteiger partial charge in [-0.1, -0.05) is 29.7 Å². The summed E-state index contributed by atoms with van der Waals surface area (Å²) in [5.74, 6) is 0. The molecule has 21 heavy (non-hydrogen) atoms. The van der Waals surface area contributed by atoms with Crippen molar-refractivity contribution < 1.29 is 14.6 Å². The highest BCUT2D eigenvalue weighted by Crippen LogP contribution is 2.31. The van der Waals surface area contributed by atoms with E-state index >= 15 is 0 Å². The molecule has 1 atom stereocenters. The Labute approximate surface area is 127 Å². The molecule has 1 heterocycles. The van der Waals surface area contributed by atoms with E-state index in [1.165, 1.54) is 0 Å². The number of aliphatic hydroxyl groups is 1. The van der Waals surface area contributed by atoms with Crippen LogP contribution in [0.15, 0.2) is 24.3 Å². The highest BCUT2D eigenvalue weighted by atomic mass is 16.6. The number of likely N-dealkylation sites (tertiary alicyclic amines) is 1. The van der Waals surface area contributed by atoms with Crippen LogP contribution >= 0.6 is 0 Å². The van der Waals surface area contributed by atoms with Crippen LogP contribution in [-0.4, -0.2) is 42.6 Å². The van der Waals surface area contributed by atoms with Crippen LogP contribution in [0.1, 0.15) is 39.2 Å². The molecule has 0 aliphatic carbocycles. The molecule has 1 aromatic rings. The molecule has 1 unspecified atom stereocenters. The summed E-state index contributed by atoms with van der Waals surface area (Å²) in [5.41, 5.74) is -0.136. The van der Waals surface area contributed by atoms with E-state index in [4.69, 9.17) is 12.6 Å². The summed E-state index contributed by atoms with van der Waals surface area (Å²) in [6, 6.07) is 7.15. The molecule has 1 aromatic carbocycles. The van der Waals surface area contributed by atoms with Crippen molar-refractivity contribution in [2.45, 2.75) is 44.8 Å². The number of nitrogens with zero attached hydrogens (tertiary/aromatic N) is 1. The maximum absolute atomic E-state index is 12.2. The number of β-amino-alcohol motifs (C(OH)–C–C–N with tert-alkyl or cyclic N) is 1. The first-order valence-electron chi connectivity index (χ1n) is 7.26. The van der Waals surface area contributed by atoms with Crippen LogP contribution in [0.2, 0.25) is 0 Å². The second-order valence-corrected chi connectivity index (χ2v) is 6.66. The average molecular weight is 287 g/mol. The minimum atomic E-state index is -1.04. The van der Waals surface area contributed by atoms with Crippen LogP contribution in [0.3, 0.4) is 0 Å². The predicted molar refractivity (Wildman–Crippen MR) is 82.8 cm³/mol. The Balaban J connectivity index is 2.12. The summed E-state index contributed by atoms with van der Waals surface area (Å²) in [7, 11) is 5.68. The van der Waals surface area contributed by atoms with Crippen molar-refractivity contribution in [1.29, 1.82) is 0 Å². The first-order chi connectivity index (χ1) is 9.70. The Hall–Kier alpha value is -1.49. The number of rotatable bonds is 1. The zero-order chi connectivity index (χ0) is 15.7. The van der Waals surface area contributed by atoms with Gasteiger partial charge in [0.2, 0.25) is 0 Å². The van der Waals surface area contributed by atoms with Crippen molar-refractivity contribution in [2.24, 2.45) is 0 Å². The lowest BCUT2D eigenvalue weighted by Gasteiger charge is -2.40. The number of ether oxygens (including phenoxy) is 1. The number of carbonyl (C=O) groups excluding carboxylic acids is 1. The molecule has 1 amide bonds. The molecule has 0 spiro atoms. The van der Waals surface area contributed by atoms with Crippen LogP contribution < -0.4 is 5.46 Å². The fourth-order valence-corrected chi connectivity index (χ4v) is 2.55. The summed E-state index contributed by atoms with van der Waals surface area (Å²) in [6.45, 7) is 6.35. The molecule has 1 saturated heterocycles. The van der Waals surface area contributed by atoms with Crippen molar-refractivity contribution in [3.8, 4) is 0 Å². The average Bonchev–Trinajstić information content (AvgIpc) is 2.37. The summed E-state index contributed by atoms with van der Waals surface area (Å²) >= 11 is 0. The molecule has 1 aliphatic rings. The number of benzene rings is 1. The minimum absolute atomic E-state index is 0.242. The number of hydrogen-bond acceptors (Lipinski definition) is 3. The van der Waals surface area contributed by atoms with Crippen molar-refractivity contribution in [3.05, 3.63) is 29.8 Å².